The van der Waals surface area contributed by atoms with E-state index in [1.54, 1.807) is 0 Å². The Balaban J connectivity index is 2.42. The molecule has 8 heteroatoms. The van der Waals surface area contributed by atoms with E-state index in [1.807, 2.05) is 6.92 Å². The van der Waals surface area contributed by atoms with Gasteiger partial charge in [0.15, 0.2) is 9.84 Å². The molecule has 0 saturated carbocycles. The van der Waals surface area contributed by atoms with Gasteiger partial charge in [0, 0.05) is 12.6 Å². The summed E-state index contributed by atoms with van der Waals surface area (Å²) in [7, 11) is -6.40. The minimum atomic E-state index is -3.36. The average Bonchev–Trinajstić information content (AvgIpc) is 2.44. The first kappa shape index (κ1) is 13.9. The smallest absolute Gasteiger partial charge is 0.213 e. The van der Waals surface area contributed by atoms with Crippen molar-refractivity contribution < 1.29 is 16.8 Å². The fourth-order valence-electron chi connectivity index (χ4n) is 1.58. The molecule has 1 aliphatic heterocycles. The van der Waals surface area contributed by atoms with Crippen LogP contribution in [0.15, 0.2) is 0 Å². The number of hydrogen-bond acceptors (Lipinski definition) is 5. The quantitative estimate of drug-likeness (QED) is 0.585. The summed E-state index contributed by atoms with van der Waals surface area (Å²) < 4.78 is 47.8. The molecule has 1 rings (SSSR count). The zero-order valence-electron chi connectivity index (χ0n) is 9.27. The first-order chi connectivity index (χ1) is 7.35. The molecule has 1 aliphatic rings. The van der Waals surface area contributed by atoms with E-state index in [0.29, 0.717) is 19.5 Å². The summed E-state index contributed by atoms with van der Waals surface area (Å²) in [4.78, 5) is 0. The van der Waals surface area contributed by atoms with Gasteiger partial charge in [0.05, 0.1) is 17.3 Å². The van der Waals surface area contributed by atoms with Gasteiger partial charge in [0.2, 0.25) is 10.0 Å². The fourth-order valence-corrected chi connectivity index (χ4v) is 4.60. The fraction of sp³-hybridized carbons (Fsp3) is 1.00. The van der Waals surface area contributed by atoms with Crippen LogP contribution in [0.5, 0.6) is 0 Å². The summed E-state index contributed by atoms with van der Waals surface area (Å²) in [5.41, 5.74) is 0. The molecule has 1 saturated heterocycles. The van der Waals surface area contributed by atoms with Crippen molar-refractivity contribution in [3.63, 3.8) is 0 Å². The third-order valence-corrected chi connectivity index (χ3v) is 5.58. The molecular weight excluding hydrogens is 252 g/mol. The molecule has 0 spiro atoms. The van der Waals surface area contributed by atoms with Crippen LogP contribution in [0.2, 0.25) is 0 Å². The molecule has 16 heavy (non-hydrogen) atoms. The zero-order valence-corrected chi connectivity index (χ0v) is 10.9. The van der Waals surface area contributed by atoms with Crippen LogP contribution in [-0.4, -0.2) is 53.2 Å². The molecule has 1 unspecified atom stereocenters. The highest BCUT2D eigenvalue weighted by Crippen LogP contribution is 2.12. The van der Waals surface area contributed by atoms with Gasteiger partial charge < -0.3 is 5.32 Å². The third-order valence-electron chi connectivity index (χ3n) is 2.38. The molecule has 6 nitrogen and oxygen atoms in total. The Labute approximate surface area is 96.8 Å². The van der Waals surface area contributed by atoms with Crippen LogP contribution in [0.4, 0.5) is 0 Å². The summed E-state index contributed by atoms with van der Waals surface area (Å²) >= 11 is 0. The molecule has 0 aromatic carbocycles. The van der Waals surface area contributed by atoms with Crippen molar-refractivity contribution in [1.82, 2.24) is 10.0 Å². The zero-order chi connectivity index (χ0) is 12.2. The maximum atomic E-state index is 11.5. The Morgan fingerprint density at radius 1 is 1.38 bits per heavy atom. The van der Waals surface area contributed by atoms with E-state index in [2.05, 4.69) is 10.0 Å². The summed E-state index contributed by atoms with van der Waals surface area (Å²) in [6.45, 7) is 2.99. The van der Waals surface area contributed by atoms with Crippen LogP contribution in [0, 0.1) is 0 Å². The van der Waals surface area contributed by atoms with Gasteiger partial charge in [-0.15, -0.1) is 0 Å². The molecule has 0 aromatic heterocycles. The summed E-state index contributed by atoms with van der Waals surface area (Å²) in [5, 5.41) is 2.91. The molecular formula is C8H18N2O4S2. The van der Waals surface area contributed by atoms with Crippen LogP contribution >= 0.6 is 0 Å². The van der Waals surface area contributed by atoms with E-state index < -0.39 is 25.9 Å². The van der Waals surface area contributed by atoms with Gasteiger partial charge in [-0.1, -0.05) is 6.92 Å². The third kappa shape index (κ3) is 4.77. The molecule has 1 heterocycles. The number of rotatable bonds is 6. The van der Waals surface area contributed by atoms with Crippen LogP contribution in [-0.2, 0) is 19.9 Å². The standard InChI is InChI=1S/C8H18N2O4S2/c1-2-9-4-6-16(13,14)10-8-3-5-15(11,12)7-8/h8-10H,2-7H2,1H3. The number of sulfonamides is 1. The molecule has 0 amide bonds. The lowest BCUT2D eigenvalue weighted by Crippen LogP contribution is -2.39. The Kier molecular flexibility index (Phi) is 4.72. The Bertz CT molecular complexity index is 415. The second-order valence-corrected chi connectivity index (χ2v) is 7.99. The normalized spacial score (nSPS) is 24.7. The van der Waals surface area contributed by atoms with Crippen molar-refractivity contribution in [2.24, 2.45) is 0 Å². The van der Waals surface area contributed by atoms with Gasteiger partial charge in [-0.3, -0.25) is 0 Å². The first-order valence-corrected chi connectivity index (χ1v) is 8.73. The molecule has 96 valence electrons. The van der Waals surface area contributed by atoms with Crippen molar-refractivity contribution in [3.8, 4) is 0 Å². The SMILES string of the molecule is CCNCCS(=O)(=O)NC1CCS(=O)(=O)C1. The van der Waals surface area contributed by atoms with Crippen LogP contribution in [0.25, 0.3) is 0 Å². The van der Waals surface area contributed by atoms with E-state index in [9.17, 15) is 16.8 Å². The van der Waals surface area contributed by atoms with Crippen molar-refractivity contribution in [1.29, 1.82) is 0 Å². The number of nitrogens with one attached hydrogen (secondary N) is 2. The average molecular weight is 270 g/mol. The van der Waals surface area contributed by atoms with Crippen LogP contribution in [0.3, 0.4) is 0 Å². The highest BCUT2D eigenvalue weighted by Gasteiger charge is 2.30. The maximum Gasteiger partial charge on any atom is 0.213 e. The van der Waals surface area contributed by atoms with Gasteiger partial charge in [-0.25, -0.2) is 21.6 Å². The number of sulfone groups is 1. The lowest BCUT2D eigenvalue weighted by atomic mass is 10.3. The van der Waals surface area contributed by atoms with Gasteiger partial charge in [0.1, 0.15) is 0 Å². The highest BCUT2D eigenvalue weighted by molar-refractivity contribution is 7.92. The van der Waals surface area contributed by atoms with Gasteiger partial charge >= 0.3 is 0 Å². The Morgan fingerprint density at radius 3 is 2.56 bits per heavy atom. The summed E-state index contributed by atoms with van der Waals surface area (Å²) in [6.07, 6.45) is 0.378. The Hall–Kier alpha value is -0.180. The molecule has 1 fully saturated rings. The molecule has 0 bridgehead atoms. The lowest BCUT2D eigenvalue weighted by molar-refractivity contribution is 0.559. The van der Waals surface area contributed by atoms with Gasteiger partial charge in [0.25, 0.3) is 0 Å². The second-order valence-electron chi connectivity index (χ2n) is 3.89. The summed E-state index contributed by atoms with van der Waals surface area (Å²) in [6, 6.07) is -0.448. The second kappa shape index (κ2) is 5.44. The minimum Gasteiger partial charge on any atom is -0.316 e. The largest absolute Gasteiger partial charge is 0.316 e. The molecule has 2 N–H and O–H groups in total. The molecule has 0 aliphatic carbocycles. The monoisotopic (exact) mass is 270 g/mol. The maximum absolute atomic E-state index is 11.5. The van der Waals surface area contributed by atoms with Gasteiger partial charge in [-0.05, 0) is 13.0 Å². The number of hydrogen-bond donors (Lipinski definition) is 2. The molecule has 1 atom stereocenters. The van der Waals surface area contributed by atoms with Crippen molar-refractivity contribution in [2.45, 2.75) is 19.4 Å². The molecule has 0 radical (unpaired) electrons. The highest BCUT2D eigenvalue weighted by atomic mass is 32.2. The van der Waals surface area contributed by atoms with E-state index >= 15 is 0 Å². The van der Waals surface area contributed by atoms with Crippen LogP contribution < -0.4 is 10.0 Å². The van der Waals surface area contributed by atoms with E-state index in [1.165, 1.54) is 0 Å². The predicted octanol–water partition coefficient (Wildman–Crippen LogP) is -1.30. The van der Waals surface area contributed by atoms with Gasteiger partial charge in [-0.2, -0.15) is 0 Å². The van der Waals surface area contributed by atoms with Crippen molar-refractivity contribution in [3.05, 3.63) is 0 Å². The van der Waals surface area contributed by atoms with Crippen molar-refractivity contribution in [2.75, 3.05) is 30.3 Å². The summed E-state index contributed by atoms with van der Waals surface area (Å²) in [5.74, 6) is -0.0157. The topological polar surface area (TPSA) is 92.3 Å². The van der Waals surface area contributed by atoms with Crippen molar-refractivity contribution >= 4 is 19.9 Å². The van der Waals surface area contributed by atoms with E-state index in [0.717, 1.165) is 0 Å². The van der Waals surface area contributed by atoms with E-state index in [4.69, 9.17) is 0 Å². The predicted molar refractivity (Wildman–Crippen MR) is 62.5 cm³/mol. The molecule has 0 aromatic rings. The Morgan fingerprint density at radius 2 is 2.06 bits per heavy atom. The first-order valence-electron chi connectivity index (χ1n) is 5.26. The lowest BCUT2D eigenvalue weighted by Gasteiger charge is -2.11. The minimum absolute atomic E-state index is 0.0165. The van der Waals surface area contributed by atoms with Crippen LogP contribution in [0.1, 0.15) is 13.3 Å². The van der Waals surface area contributed by atoms with E-state index in [-0.39, 0.29) is 17.3 Å².